The fourth-order valence-corrected chi connectivity index (χ4v) is 4.10. The van der Waals surface area contributed by atoms with Gasteiger partial charge in [-0.05, 0) is 48.7 Å². The predicted molar refractivity (Wildman–Crippen MR) is 114 cm³/mol. The number of carbonyl (C=O) groups is 1. The Morgan fingerprint density at radius 3 is 2.57 bits per heavy atom. The quantitative estimate of drug-likeness (QED) is 0.409. The molecule has 0 unspecified atom stereocenters. The van der Waals surface area contributed by atoms with Crippen molar-refractivity contribution in [2.24, 2.45) is 0 Å². The van der Waals surface area contributed by atoms with Gasteiger partial charge in [-0.15, -0.1) is 0 Å². The summed E-state index contributed by atoms with van der Waals surface area (Å²) in [7, 11) is 0. The van der Waals surface area contributed by atoms with Gasteiger partial charge in [0, 0.05) is 6.08 Å². The topological polar surface area (TPSA) is 46.3 Å². The number of fused-ring (bicyclic) bond motifs is 1. The molecule has 4 rings (SSSR count). The molecule has 0 fully saturated rings. The maximum atomic E-state index is 13.1. The van der Waals surface area contributed by atoms with Crippen molar-refractivity contribution in [1.82, 2.24) is 4.98 Å². The van der Waals surface area contributed by atoms with Gasteiger partial charge in [-0.3, -0.25) is 9.69 Å². The summed E-state index contributed by atoms with van der Waals surface area (Å²) in [6.07, 6.45) is 5.02. The van der Waals surface area contributed by atoms with Gasteiger partial charge in [0.1, 0.15) is 5.76 Å². The number of rotatable bonds is 5. The van der Waals surface area contributed by atoms with E-state index in [0.29, 0.717) is 17.4 Å². The third-order valence-electron chi connectivity index (χ3n) is 4.54. The molecule has 0 radical (unpaired) electrons. The van der Waals surface area contributed by atoms with E-state index in [2.05, 4.69) is 19.1 Å². The van der Waals surface area contributed by atoms with Crippen LogP contribution in [0, 0.1) is 13.8 Å². The Labute approximate surface area is 167 Å². The molecule has 0 aliphatic rings. The molecule has 0 atom stereocenters. The van der Waals surface area contributed by atoms with Crippen LogP contribution in [0.4, 0.5) is 5.13 Å². The van der Waals surface area contributed by atoms with E-state index in [0.717, 1.165) is 26.9 Å². The normalized spacial score (nSPS) is 11.4. The summed E-state index contributed by atoms with van der Waals surface area (Å²) >= 11 is 1.54. The zero-order valence-corrected chi connectivity index (χ0v) is 16.6. The van der Waals surface area contributed by atoms with Crippen molar-refractivity contribution >= 4 is 38.7 Å². The molecule has 0 saturated heterocycles. The molecule has 0 spiro atoms. The molecule has 0 saturated carbocycles. The van der Waals surface area contributed by atoms with Crippen LogP contribution < -0.4 is 4.90 Å². The van der Waals surface area contributed by atoms with E-state index in [4.69, 9.17) is 9.40 Å². The fraction of sp³-hybridized carbons (Fsp3) is 0.130. The minimum atomic E-state index is -0.130. The van der Waals surface area contributed by atoms with Gasteiger partial charge in [0.15, 0.2) is 5.13 Å². The number of amides is 1. The summed E-state index contributed by atoms with van der Waals surface area (Å²) in [4.78, 5) is 19.5. The van der Waals surface area contributed by atoms with Crippen LogP contribution in [0.25, 0.3) is 16.3 Å². The molecule has 0 bridgehead atoms. The second-order valence-electron chi connectivity index (χ2n) is 6.62. The van der Waals surface area contributed by atoms with Gasteiger partial charge in [0.2, 0.25) is 0 Å². The predicted octanol–water partition coefficient (Wildman–Crippen LogP) is 5.75. The molecule has 2 aromatic carbocycles. The van der Waals surface area contributed by atoms with Crippen LogP contribution in [0.1, 0.15) is 22.5 Å². The number of aromatic nitrogens is 1. The zero-order chi connectivity index (χ0) is 19.5. The van der Waals surface area contributed by atoms with Gasteiger partial charge in [-0.2, -0.15) is 0 Å². The summed E-state index contributed by atoms with van der Waals surface area (Å²) < 4.78 is 6.59. The average Bonchev–Trinajstić information content (AvgIpc) is 3.38. The van der Waals surface area contributed by atoms with Gasteiger partial charge in [-0.25, -0.2) is 4.98 Å². The number of anilines is 1. The average molecular weight is 388 g/mol. The van der Waals surface area contributed by atoms with E-state index >= 15 is 0 Å². The molecule has 0 aliphatic carbocycles. The lowest BCUT2D eigenvalue weighted by molar-refractivity contribution is -0.114. The third-order valence-corrected chi connectivity index (χ3v) is 5.75. The maximum Gasteiger partial charge on any atom is 0.253 e. The van der Waals surface area contributed by atoms with Crippen molar-refractivity contribution in [3.05, 3.63) is 89.4 Å². The number of aryl methyl sites for hydroxylation is 2. The second-order valence-corrected chi connectivity index (χ2v) is 7.60. The first-order valence-electron chi connectivity index (χ1n) is 9.05. The molecular weight excluding hydrogens is 368 g/mol. The lowest BCUT2D eigenvalue weighted by atomic mass is 10.1. The standard InChI is InChI=1S/C23H20N2O2S/c1-16-10-11-17(2)22-21(16)24-23(28-22)25(15-19-9-6-14-27-19)20(26)13-12-18-7-4-3-5-8-18/h3-14H,15H2,1-2H3/b13-12+. The number of thiazole rings is 1. The Morgan fingerprint density at radius 2 is 1.86 bits per heavy atom. The highest BCUT2D eigenvalue weighted by atomic mass is 32.1. The van der Waals surface area contributed by atoms with E-state index in [1.54, 1.807) is 17.2 Å². The monoisotopic (exact) mass is 388 g/mol. The van der Waals surface area contributed by atoms with E-state index in [-0.39, 0.29) is 5.91 Å². The summed E-state index contributed by atoms with van der Waals surface area (Å²) in [5.41, 5.74) is 4.19. The first-order chi connectivity index (χ1) is 13.6. The molecule has 4 nitrogen and oxygen atoms in total. The molecular formula is C23H20N2O2S. The van der Waals surface area contributed by atoms with Crippen molar-refractivity contribution in [3.63, 3.8) is 0 Å². The second kappa shape index (κ2) is 7.82. The number of hydrogen-bond donors (Lipinski definition) is 0. The number of furan rings is 1. The van der Waals surface area contributed by atoms with Crippen LogP contribution in [0.5, 0.6) is 0 Å². The Morgan fingerprint density at radius 1 is 1.07 bits per heavy atom. The minimum absolute atomic E-state index is 0.130. The van der Waals surface area contributed by atoms with Crippen LogP contribution in [0.15, 0.2) is 71.4 Å². The van der Waals surface area contributed by atoms with Crippen molar-refractivity contribution < 1.29 is 9.21 Å². The van der Waals surface area contributed by atoms with Crippen molar-refractivity contribution in [1.29, 1.82) is 0 Å². The van der Waals surface area contributed by atoms with E-state index < -0.39 is 0 Å². The molecule has 0 aliphatic heterocycles. The smallest absolute Gasteiger partial charge is 0.253 e. The minimum Gasteiger partial charge on any atom is -0.467 e. The third kappa shape index (κ3) is 3.75. The first kappa shape index (κ1) is 18.2. The number of carbonyl (C=O) groups excluding carboxylic acids is 1. The van der Waals surface area contributed by atoms with Gasteiger partial charge < -0.3 is 4.42 Å². The Bertz CT molecular complexity index is 1090. The molecule has 140 valence electrons. The first-order valence-corrected chi connectivity index (χ1v) is 9.87. The Kier molecular flexibility index (Phi) is 5.08. The highest BCUT2D eigenvalue weighted by molar-refractivity contribution is 7.22. The maximum absolute atomic E-state index is 13.1. The van der Waals surface area contributed by atoms with Crippen LogP contribution >= 0.6 is 11.3 Å². The number of nitrogens with zero attached hydrogens (tertiary/aromatic N) is 2. The van der Waals surface area contributed by atoms with Crippen LogP contribution in [-0.2, 0) is 11.3 Å². The molecule has 2 aromatic heterocycles. The summed E-state index contributed by atoms with van der Waals surface area (Å²) in [5.74, 6) is 0.587. The summed E-state index contributed by atoms with van der Waals surface area (Å²) in [6, 6.07) is 17.6. The van der Waals surface area contributed by atoms with Gasteiger partial charge in [0.25, 0.3) is 5.91 Å². The lowest BCUT2D eigenvalue weighted by Gasteiger charge is -2.16. The molecule has 28 heavy (non-hydrogen) atoms. The van der Waals surface area contributed by atoms with Gasteiger partial charge >= 0.3 is 0 Å². The van der Waals surface area contributed by atoms with Gasteiger partial charge in [0.05, 0.1) is 23.0 Å². The molecule has 0 N–H and O–H groups in total. The number of hydrogen-bond acceptors (Lipinski definition) is 4. The van der Waals surface area contributed by atoms with E-state index in [9.17, 15) is 4.79 Å². The van der Waals surface area contributed by atoms with Crippen molar-refractivity contribution in [2.45, 2.75) is 20.4 Å². The van der Waals surface area contributed by atoms with Crippen molar-refractivity contribution in [2.75, 3.05) is 4.90 Å². The van der Waals surface area contributed by atoms with Crippen LogP contribution in [0.2, 0.25) is 0 Å². The Balaban J connectivity index is 1.71. The van der Waals surface area contributed by atoms with Gasteiger partial charge in [-0.1, -0.05) is 53.8 Å². The molecule has 2 heterocycles. The lowest BCUT2D eigenvalue weighted by Crippen LogP contribution is -2.28. The molecule has 1 amide bonds. The largest absolute Gasteiger partial charge is 0.467 e. The molecule has 4 aromatic rings. The zero-order valence-electron chi connectivity index (χ0n) is 15.8. The summed E-state index contributed by atoms with van der Waals surface area (Å²) in [6.45, 7) is 4.44. The van der Waals surface area contributed by atoms with E-state index in [1.807, 2.05) is 55.5 Å². The van der Waals surface area contributed by atoms with E-state index in [1.165, 1.54) is 11.3 Å². The highest BCUT2D eigenvalue weighted by Gasteiger charge is 2.20. The summed E-state index contributed by atoms with van der Waals surface area (Å²) in [5, 5.41) is 0.673. The van der Waals surface area contributed by atoms with Crippen molar-refractivity contribution in [3.8, 4) is 0 Å². The molecule has 5 heteroatoms. The number of benzene rings is 2. The van der Waals surface area contributed by atoms with Crippen LogP contribution in [0.3, 0.4) is 0 Å². The highest BCUT2D eigenvalue weighted by Crippen LogP contribution is 2.34. The SMILES string of the molecule is Cc1ccc(C)c2sc(N(Cc3ccco3)C(=O)/C=C/c3ccccc3)nc12. The van der Waals surface area contributed by atoms with Crippen LogP contribution in [-0.4, -0.2) is 10.9 Å². The fourth-order valence-electron chi connectivity index (χ4n) is 2.98. The Hall–Kier alpha value is -3.18.